The van der Waals surface area contributed by atoms with Gasteiger partial charge in [-0.1, -0.05) is 27.8 Å². The Labute approximate surface area is 84.8 Å². The van der Waals surface area contributed by atoms with Crippen molar-refractivity contribution in [1.29, 1.82) is 0 Å². The van der Waals surface area contributed by atoms with E-state index in [1.54, 1.807) is 12.1 Å². The maximum atomic E-state index is 9.91. The first-order chi connectivity index (χ1) is 6.36. The minimum Gasteiger partial charge on any atom is -0.211 e. The molecule has 0 bridgehead atoms. The van der Waals surface area contributed by atoms with Gasteiger partial charge in [-0.05, 0) is 24.3 Å². The fraction of sp³-hybridized carbons (Fsp3) is 0.100. The lowest BCUT2D eigenvalue weighted by Gasteiger charge is -1.90. The van der Waals surface area contributed by atoms with Crippen molar-refractivity contribution in [2.45, 2.75) is 0 Å². The number of benzene rings is 1. The molecular formula is C10H6BrNO. The van der Waals surface area contributed by atoms with Crippen LogP contribution in [-0.2, 0) is 4.79 Å². The van der Waals surface area contributed by atoms with Gasteiger partial charge in [-0.3, -0.25) is 0 Å². The van der Waals surface area contributed by atoms with Gasteiger partial charge >= 0.3 is 0 Å². The molecule has 13 heavy (non-hydrogen) atoms. The van der Waals surface area contributed by atoms with Crippen LogP contribution >= 0.6 is 15.9 Å². The van der Waals surface area contributed by atoms with Crippen LogP contribution in [-0.4, -0.2) is 11.4 Å². The molecular weight excluding hydrogens is 230 g/mol. The second-order valence-corrected chi connectivity index (χ2v) is 2.75. The molecule has 1 aromatic carbocycles. The summed E-state index contributed by atoms with van der Waals surface area (Å²) >= 11 is 3.20. The number of halogens is 1. The SMILES string of the molecule is O=C=Nc1ccc(C#CCBr)cc1. The molecule has 0 amide bonds. The molecule has 0 spiro atoms. The van der Waals surface area contributed by atoms with Gasteiger partial charge in [0.1, 0.15) is 0 Å². The zero-order valence-electron chi connectivity index (χ0n) is 6.75. The third kappa shape index (κ3) is 3.25. The lowest BCUT2D eigenvalue weighted by atomic mass is 10.2. The van der Waals surface area contributed by atoms with Gasteiger partial charge in [-0.15, -0.1) is 0 Å². The molecule has 1 aromatic rings. The number of aliphatic imine (C=N–C) groups is 1. The van der Waals surface area contributed by atoms with Crippen molar-refractivity contribution in [1.82, 2.24) is 0 Å². The molecule has 0 aromatic heterocycles. The predicted molar refractivity (Wildman–Crippen MR) is 54.9 cm³/mol. The summed E-state index contributed by atoms with van der Waals surface area (Å²) in [5.41, 5.74) is 1.50. The Hall–Kier alpha value is -1.36. The Bertz CT molecular complexity index is 380. The Morgan fingerprint density at radius 3 is 2.54 bits per heavy atom. The van der Waals surface area contributed by atoms with Gasteiger partial charge in [0.05, 0.1) is 11.0 Å². The van der Waals surface area contributed by atoms with E-state index in [1.165, 1.54) is 6.08 Å². The van der Waals surface area contributed by atoms with Crippen LogP contribution in [0.3, 0.4) is 0 Å². The molecule has 0 saturated carbocycles. The molecule has 0 unspecified atom stereocenters. The fourth-order valence-electron chi connectivity index (χ4n) is 0.807. The van der Waals surface area contributed by atoms with Crippen molar-refractivity contribution < 1.29 is 4.79 Å². The number of hydrogen-bond acceptors (Lipinski definition) is 2. The van der Waals surface area contributed by atoms with Gasteiger partial charge in [0.25, 0.3) is 0 Å². The van der Waals surface area contributed by atoms with Crippen LogP contribution in [0.5, 0.6) is 0 Å². The molecule has 1 rings (SSSR count). The summed E-state index contributed by atoms with van der Waals surface area (Å²) in [6.07, 6.45) is 1.48. The van der Waals surface area contributed by atoms with E-state index in [2.05, 4.69) is 32.8 Å². The summed E-state index contributed by atoms with van der Waals surface area (Å²) in [6.45, 7) is 0. The Kier molecular flexibility index (Phi) is 3.98. The summed E-state index contributed by atoms with van der Waals surface area (Å²) in [7, 11) is 0. The van der Waals surface area contributed by atoms with Crippen LogP contribution in [0.25, 0.3) is 0 Å². The normalized spacial score (nSPS) is 8.08. The highest BCUT2D eigenvalue weighted by atomic mass is 79.9. The average molecular weight is 236 g/mol. The molecule has 0 saturated heterocycles. The zero-order valence-corrected chi connectivity index (χ0v) is 8.34. The third-order valence-corrected chi connectivity index (χ3v) is 1.62. The molecule has 0 aliphatic rings. The monoisotopic (exact) mass is 235 g/mol. The molecule has 0 fully saturated rings. The zero-order chi connectivity index (χ0) is 9.52. The number of rotatable bonds is 1. The van der Waals surface area contributed by atoms with E-state index >= 15 is 0 Å². The first-order valence-corrected chi connectivity index (χ1v) is 4.71. The highest BCUT2D eigenvalue weighted by molar-refractivity contribution is 9.09. The van der Waals surface area contributed by atoms with Crippen LogP contribution in [0.1, 0.15) is 5.56 Å². The largest absolute Gasteiger partial charge is 0.240 e. The van der Waals surface area contributed by atoms with Crippen molar-refractivity contribution in [2.75, 3.05) is 5.33 Å². The van der Waals surface area contributed by atoms with Gasteiger partial charge < -0.3 is 0 Å². The summed E-state index contributed by atoms with van der Waals surface area (Å²) in [5, 5.41) is 0.654. The summed E-state index contributed by atoms with van der Waals surface area (Å²) in [4.78, 5) is 13.4. The van der Waals surface area contributed by atoms with E-state index in [-0.39, 0.29) is 0 Å². The summed E-state index contributed by atoms with van der Waals surface area (Å²) in [5.74, 6) is 5.80. The first kappa shape index (κ1) is 9.73. The third-order valence-electron chi connectivity index (χ3n) is 1.34. The summed E-state index contributed by atoms with van der Waals surface area (Å²) < 4.78 is 0. The van der Waals surface area contributed by atoms with Crippen LogP contribution in [0.4, 0.5) is 5.69 Å². The lowest BCUT2D eigenvalue weighted by molar-refractivity contribution is 0.565. The predicted octanol–water partition coefficient (Wildman–Crippen LogP) is 2.40. The van der Waals surface area contributed by atoms with E-state index in [1.807, 2.05) is 12.1 Å². The maximum Gasteiger partial charge on any atom is 0.240 e. The smallest absolute Gasteiger partial charge is 0.211 e. The van der Waals surface area contributed by atoms with Crippen molar-refractivity contribution in [2.24, 2.45) is 4.99 Å². The van der Waals surface area contributed by atoms with Crippen LogP contribution < -0.4 is 0 Å². The fourth-order valence-corrected chi connectivity index (χ4v) is 0.948. The minimum absolute atomic E-state index is 0.597. The van der Waals surface area contributed by atoms with Crippen molar-refractivity contribution in [3.8, 4) is 11.8 Å². The van der Waals surface area contributed by atoms with Crippen molar-refractivity contribution in [3.05, 3.63) is 29.8 Å². The number of nitrogens with zero attached hydrogens (tertiary/aromatic N) is 1. The summed E-state index contributed by atoms with van der Waals surface area (Å²) in [6, 6.07) is 7.07. The molecule has 0 heterocycles. The maximum absolute atomic E-state index is 9.91. The topological polar surface area (TPSA) is 29.4 Å². The minimum atomic E-state index is 0.597. The van der Waals surface area contributed by atoms with Gasteiger partial charge in [-0.2, -0.15) is 4.99 Å². The quantitative estimate of drug-likeness (QED) is 0.318. The molecule has 0 N–H and O–H groups in total. The van der Waals surface area contributed by atoms with Crippen LogP contribution in [0, 0.1) is 11.8 Å². The second kappa shape index (κ2) is 5.31. The highest BCUT2D eigenvalue weighted by Crippen LogP contribution is 2.10. The number of carbonyl (C=O) groups excluding carboxylic acids is 1. The van der Waals surface area contributed by atoms with Gasteiger partial charge in [0.15, 0.2) is 0 Å². The van der Waals surface area contributed by atoms with Crippen molar-refractivity contribution >= 4 is 27.7 Å². The molecule has 0 aliphatic carbocycles. The van der Waals surface area contributed by atoms with E-state index in [0.717, 1.165) is 5.56 Å². The van der Waals surface area contributed by atoms with Crippen LogP contribution in [0.15, 0.2) is 29.3 Å². The Morgan fingerprint density at radius 1 is 1.31 bits per heavy atom. The van der Waals surface area contributed by atoms with Crippen LogP contribution in [0.2, 0.25) is 0 Å². The second-order valence-electron chi connectivity index (χ2n) is 2.19. The van der Waals surface area contributed by atoms with E-state index in [4.69, 9.17) is 0 Å². The molecule has 64 valence electrons. The van der Waals surface area contributed by atoms with Crippen molar-refractivity contribution in [3.63, 3.8) is 0 Å². The first-order valence-electron chi connectivity index (χ1n) is 3.59. The molecule has 2 nitrogen and oxygen atoms in total. The molecule has 3 heteroatoms. The highest BCUT2D eigenvalue weighted by Gasteiger charge is 1.88. The van der Waals surface area contributed by atoms with E-state index < -0.39 is 0 Å². The Morgan fingerprint density at radius 2 is 2.00 bits per heavy atom. The standard InChI is InChI=1S/C10H6BrNO/c11-7-1-2-9-3-5-10(6-4-9)12-8-13/h3-6H,7H2. The van der Waals surface area contributed by atoms with Gasteiger partial charge in [-0.25, -0.2) is 4.79 Å². The number of hydrogen-bond donors (Lipinski definition) is 0. The van der Waals surface area contributed by atoms with E-state index in [9.17, 15) is 4.79 Å². The van der Waals surface area contributed by atoms with Gasteiger partial charge in [0, 0.05) is 5.56 Å². The Balaban J connectivity index is 2.87. The average Bonchev–Trinajstić information content (AvgIpc) is 2.17. The number of isocyanates is 1. The van der Waals surface area contributed by atoms with Gasteiger partial charge in [0.2, 0.25) is 6.08 Å². The van der Waals surface area contributed by atoms with E-state index in [0.29, 0.717) is 11.0 Å². The molecule has 0 aliphatic heterocycles. The number of alkyl halides is 1. The lowest BCUT2D eigenvalue weighted by Crippen LogP contribution is -1.72. The molecule has 0 radical (unpaired) electrons. The molecule has 0 atom stereocenters.